The van der Waals surface area contributed by atoms with Crippen molar-refractivity contribution in [2.75, 3.05) is 14.2 Å². The van der Waals surface area contributed by atoms with E-state index in [4.69, 9.17) is 9.47 Å². The van der Waals surface area contributed by atoms with Crippen LogP contribution in [0.15, 0.2) is 60.7 Å². The highest BCUT2D eigenvalue weighted by Gasteiger charge is 2.48. The Morgan fingerprint density at radius 3 is 1.43 bits per heavy atom. The van der Waals surface area contributed by atoms with Gasteiger partial charge in [-0.1, -0.05) is 48.5 Å². The maximum absolute atomic E-state index is 11.3. The lowest BCUT2D eigenvalue weighted by atomic mass is 9.93. The van der Waals surface area contributed by atoms with E-state index in [1.807, 2.05) is 0 Å². The van der Waals surface area contributed by atoms with Crippen molar-refractivity contribution in [2.24, 2.45) is 0 Å². The summed E-state index contributed by atoms with van der Waals surface area (Å²) in [5.74, 6) is -1.93. The fourth-order valence-corrected chi connectivity index (χ4v) is 3.76. The van der Waals surface area contributed by atoms with Crippen LogP contribution in [0.25, 0.3) is 12.2 Å². The third kappa shape index (κ3) is 6.86. The highest BCUT2D eigenvalue weighted by atomic mass is 16.8. The number of aliphatic hydroxyl groups is 2. The van der Waals surface area contributed by atoms with Crippen LogP contribution >= 0.6 is 0 Å². The van der Waals surface area contributed by atoms with Gasteiger partial charge in [-0.25, -0.2) is 9.59 Å². The van der Waals surface area contributed by atoms with Gasteiger partial charge in [0.05, 0.1) is 14.2 Å². The van der Waals surface area contributed by atoms with E-state index in [1.54, 1.807) is 74.5 Å². The molecule has 3 rings (SSSR count). The molecule has 0 radical (unpaired) electrons. The molecule has 2 unspecified atom stereocenters. The molecule has 0 amide bonds. The van der Waals surface area contributed by atoms with Crippen LogP contribution in [-0.2, 0) is 28.5 Å². The minimum atomic E-state index is -1.07. The molecule has 8 heteroatoms. The van der Waals surface area contributed by atoms with E-state index >= 15 is 0 Å². The molecule has 186 valence electrons. The first kappa shape index (κ1) is 26.3. The molecule has 35 heavy (non-hydrogen) atoms. The van der Waals surface area contributed by atoms with Crippen LogP contribution in [0, 0.1) is 0 Å². The average molecular weight is 483 g/mol. The van der Waals surface area contributed by atoms with Gasteiger partial charge in [0.25, 0.3) is 0 Å². The Kier molecular flexibility index (Phi) is 8.58. The number of carbonyl (C=O) groups is 2. The smallest absolute Gasteiger partial charge is 0.330 e. The third-order valence-electron chi connectivity index (χ3n) is 5.57. The predicted octanol–water partition coefficient (Wildman–Crippen LogP) is 3.35. The van der Waals surface area contributed by atoms with Gasteiger partial charge in [-0.05, 0) is 48.3 Å². The monoisotopic (exact) mass is 482 g/mol. The molecule has 1 saturated heterocycles. The Bertz CT molecular complexity index is 984. The maximum Gasteiger partial charge on any atom is 0.330 e. The molecular formula is C27H30O8. The normalized spacial score (nSPS) is 21.2. The summed E-state index contributed by atoms with van der Waals surface area (Å²) in [5.41, 5.74) is 2.67. The van der Waals surface area contributed by atoms with E-state index < -0.39 is 42.1 Å². The molecule has 0 saturated carbocycles. The number of hydrogen-bond donors (Lipinski definition) is 2. The fourth-order valence-electron chi connectivity index (χ4n) is 3.76. The van der Waals surface area contributed by atoms with Gasteiger partial charge < -0.3 is 29.2 Å². The summed E-state index contributed by atoms with van der Waals surface area (Å²) in [7, 11) is 2.61. The highest BCUT2D eigenvalue weighted by molar-refractivity contribution is 5.87. The highest BCUT2D eigenvalue weighted by Crippen LogP contribution is 2.40. The number of rotatable bonds is 8. The van der Waals surface area contributed by atoms with Gasteiger partial charge in [0.2, 0.25) is 0 Å². The van der Waals surface area contributed by atoms with Crippen molar-refractivity contribution in [3.05, 3.63) is 82.9 Å². The van der Waals surface area contributed by atoms with Crippen LogP contribution in [0.2, 0.25) is 0 Å². The van der Waals surface area contributed by atoms with Crippen LogP contribution in [0.4, 0.5) is 0 Å². The fraction of sp³-hybridized carbons (Fsp3) is 0.333. The number of aliphatic hydroxyl groups excluding tert-OH is 2. The number of ether oxygens (including phenoxy) is 4. The van der Waals surface area contributed by atoms with Crippen molar-refractivity contribution in [2.45, 2.75) is 44.1 Å². The summed E-state index contributed by atoms with van der Waals surface area (Å²) in [4.78, 5) is 22.6. The molecule has 4 atom stereocenters. The molecule has 0 aliphatic carbocycles. The number of esters is 2. The molecule has 2 N–H and O–H groups in total. The Morgan fingerprint density at radius 1 is 0.771 bits per heavy atom. The van der Waals surface area contributed by atoms with Gasteiger partial charge in [-0.2, -0.15) is 0 Å². The molecule has 1 heterocycles. The zero-order chi connectivity index (χ0) is 25.6. The predicted molar refractivity (Wildman–Crippen MR) is 129 cm³/mol. The van der Waals surface area contributed by atoms with Crippen LogP contribution < -0.4 is 0 Å². The van der Waals surface area contributed by atoms with Crippen LogP contribution in [0.3, 0.4) is 0 Å². The summed E-state index contributed by atoms with van der Waals surface area (Å²) in [6.45, 7) is 3.45. The number of methoxy groups -OCH3 is 2. The number of benzene rings is 2. The zero-order valence-electron chi connectivity index (χ0n) is 20.1. The van der Waals surface area contributed by atoms with Crippen molar-refractivity contribution in [3.8, 4) is 0 Å². The molecular weight excluding hydrogens is 452 g/mol. The van der Waals surface area contributed by atoms with Crippen molar-refractivity contribution in [1.82, 2.24) is 0 Å². The van der Waals surface area contributed by atoms with Crippen LogP contribution in [-0.4, -0.2) is 54.4 Å². The first-order valence-corrected chi connectivity index (χ1v) is 11.1. The lowest BCUT2D eigenvalue weighted by Crippen LogP contribution is -2.34. The number of hydrogen-bond acceptors (Lipinski definition) is 8. The standard InChI is InChI=1S/C27H30O8/c1-27(2)34-25(23(30)19-11-5-17(6-12-19)9-15-21(28)32-3)26(35-27)24(31)20-13-7-18(8-14-20)10-16-22(29)33-4/h5-16,23-26,30-31H,1-4H3/b15-9+,16-10+/t23?,24?,25-,26-/m0/s1. The minimum Gasteiger partial charge on any atom is -0.466 e. The molecule has 8 nitrogen and oxygen atoms in total. The lowest BCUT2D eigenvalue weighted by molar-refractivity contribution is -0.161. The zero-order valence-corrected chi connectivity index (χ0v) is 20.1. The molecule has 0 aromatic heterocycles. The van der Waals surface area contributed by atoms with Crippen molar-refractivity contribution >= 4 is 24.1 Å². The van der Waals surface area contributed by atoms with Crippen molar-refractivity contribution in [1.29, 1.82) is 0 Å². The van der Waals surface area contributed by atoms with Gasteiger partial charge in [-0.3, -0.25) is 0 Å². The van der Waals surface area contributed by atoms with E-state index in [9.17, 15) is 19.8 Å². The summed E-state index contributed by atoms with van der Waals surface area (Å²) < 4.78 is 21.1. The summed E-state index contributed by atoms with van der Waals surface area (Å²) in [5, 5.41) is 22.2. The Balaban J connectivity index is 1.76. The maximum atomic E-state index is 11.3. The van der Waals surface area contributed by atoms with Crippen molar-refractivity contribution < 1.29 is 38.7 Å². The second-order valence-corrected chi connectivity index (χ2v) is 8.50. The van der Waals surface area contributed by atoms with Gasteiger partial charge in [0.15, 0.2) is 5.79 Å². The molecule has 1 fully saturated rings. The Labute approximate surface area is 204 Å². The van der Waals surface area contributed by atoms with Gasteiger partial charge in [0, 0.05) is 12.2 Å². The first-order valence-electron chi connectivity index (χ1n) is 11.1. The molecule has 2 aromatic carbocycles. The Morgan fingerprint density at radius 2 is 1.11 bits per heavy atom. The van der Waals surface area contributed by atoms with Gasteiger partial charge in [0.1, 0.15) is 24.4 Å². The second kappa shape index (κ2) is 11.4. The van der Waals surface area contributed by atoms with Crippen molar-refractivity contribution in [3.63, 3.8) is 0 Å². The molecule has 1 aliphatic rings. The van der Waals surface area contributed by atoms with Gasteiger partial charge >= 0.3 is 11.9 Å². The second-order valence-electron chi connectivity index (χ2n) is 8.50. The van der Waals surface area contributed by atoms with Crippen LogP contribution in [0.1, 0.15) is 48.3 Å². The summed E-state index contributed by atoms with van der Waals surface area (Å²) in [6, 6.07) is 13.9. The molecule has 0 spiro atoms. The largest absolute Gasteiger partial charge is 0.466 e. The third-order valence-corrected chi connectivity index (χ3v) is 5.57. The minimum absolute atomic E-state index is 0.461. The van der Waals surface area contributed by atoms with Gasteiger partial charge in [-0.15, -0.1) is 0 Å². The summed E-state index contributed by atoms with van der Waals surface area (Å²) >= 11 is 0. The SMILES string of the molecule is COC(=O)/C=C/c1ccc(C(O)[C@@H]2OC(C)(C)O[C@H]2C(O)c2ccc(/C=C/C(=O)OC)cc2)cc1. The molecule has 1 aliphatic heterocycles. The quantitative estimate of drug-likeness (QED) is 0.435. The molecule has 2 aromatic rings. The van der Waals surface area contributed by atoms with E-state index in [0.29, 0.717) is 11.1 Å². The topological polar surface area (TPSA) is 112 Å². The van der Waals surface area contributed by atoms with E-state index in [2.05, 4.69) is 9.47 Å². The Hall–Kier alpha value is -3.30. The lowest BCUT2D eigenvalue weighted by Gasteiger charge is -2.26. The molecule has 0 bridgehead atoms. The van der Waals surface area contributed by atoms with Crippen LogP contribution in [0.5, 0.6) is 0 Å². The summed E-state index contributed by atoms with van der Waals surface area (Å²) in [6.07, 6.45) is 2.02. The first-order chi connectivity index (χ1) is 16.6. The van der Waals surface area contributed by atoms with E-state index in [1.165, 1.54) is 26.4 Å². The number of carbonyl (C=O) groups excluding carboxylic acids is 2. The van der Waals surface area contributed by atoms with E-state index in [0.717, 1.165) is 11.1 Å². The van der Waals surface area contributed by atoms with E-state index in [-0.39, 0.29) is 0 Å². The average Bonchev–Trinajstić information content (AvgIpc) is 3.20.